The van der Waals surface area contributed by atoms with Crippen molar-refractivity contribution in [3.8, 4) is 0 Å². The van der Waals surface area contributed by atoms with Gasteiger partial charge in [0, 0.05) is 36.3 Å². The Balaban J connectivity index is 1.65. The molecule has 1 unspecified atom stereocenters. The highest BCUT2D eigenvalue weighted by Gasteiger charge is 2.32. The SMILES string of the molecule is CC1(C)CCSCC1Nc1ccc(N2CCCC2)cc1. The Hall–Kier alpha value is -0.830. The fourth-order valence-corrected chi connectivity index (χ4v) is 4.73. The van der Waals surface area contributed by atoms with Gasteiger partial charge in [-0.2, -0.15) is 11.8 Å². The van der Waals surface area contributed by atoms with Crippen molar-refractivity contribution in [1.82, 2.24) is 0 Å². The molecule has 2 aliphatic heterocycles. The molecule has 0 saturated carbocycles. The van der Waals surface area contributed by atoms with E-state index in [1.54, 1.807) is 0 Å². The van der Waals surface area contributed by atoms with E-state index in [2.05, 4.69) is 60.1 Å². The first-order valence-corrected chi connectivity index (χ1v) is 9.00. The van der Waals surface area contributed by atoms with Gasteiger partial charge < -0.3 is 10.2 Å². The van der Waals surface area contributed by atoms with Crippen molar-refractivity contribution in [3.05, 3.63) is 24.3 Å². The minimum absolute atomic E-state index is 0.402. The summed E-state index contributed by atoms with van der Waals surface area (Å²) in [6.45, 7) is 7.23. The summed E-state index contributed by atoms with van der Waals surface area (Å²) in [5.41, 5.74) is 3.05. The fourth-order valence-electron chi connectivity index (χ4n) is 3.12. The van der Waals surface area contributed by atoms with E-state index < -0.39 is 0 Å². The average Bonchev–Trinajstić information content (AvgIpc) is 2.96. The van der Waals surface area contributed by atoms with Crippen molar-refractivity contribution >= 4 is 23.1 Å². The third kappa shape index (κ3) is 3.08. The second-order valence-electron chi connectivity index (χ2n) is 6.75. The maximum atomic E-state index is 3.75. The van der Waals surface area contributed by atoms with Gasteiger partial charge in [0.15, 0.2) is 0 Å². The molecule has 3 heteroatoms. The summed E-state index contributed by atoms with van der Waals surface area (Å²) in [4.78, 5) is 2.49. The van der Waals surface area contributed by atoms with Crippen LogP contribution >= 0.6 is 11.8 Å². The Morgan fingerprint density at radius 1 is 1.15 bits per heavy atom. The number of nitrogens with zero attached hydrogens (tertiary/aromatic N) is 1. The highest BCUT2D eigenvalue weighted by molar-refractivity contribution is 7.99. The van der Waals surface area contributed by atoms with E-state index in [-0.39, 0.29) is 0 Å². The summed E-state index contributed by atoms with van der Waals surface area (Å²) in [5, 5.41) is 3.75. The lowest BCUT2D eigenvalue weighted by molar-refractivity contribution is 0.305. The molecule has 1 aromatic carbocycles. The Bertz CT molecular complexity index is 435. The van der Waals surface area contributed by atoms with E-state index in [4.69, 9.17) is 0 Å². The maximum absolute atomic E-state index is 3.75. The zero-order valence-corrected chi connectivity index (χ0v) is 13.5. The quantitative estimate of drug-likeness (QED) is 0.897. The number of hydrogen-bond acceptors (Lipinski definition) is 3. The zero-order chi connectivity index (χ0) is 14.0. The predicted octanol–water partition coefficient (Wildman–Crippen LogP) is 4.23. The molecule has 1 N–H and O–H groups in total. The normalized spacial score (nSPS) is 25.7. The van der Waals surface area contributed by atoms with Crippen LogP contribution < -0.4 is 10.2 Å². The standard InChI is InChI=1S/C17H26N2S/c1-17(2)9-12-20-13-16(17)18-14-5-7-15(8-6-14)19-10-3-4-11-19/h5-8,16,18H,3-4,9-13H2,1-2H3. The van der Waals surface area contributed by atoms with Crippen LogP contribution in [0.25, 0.3) is 0 Å². The molecule has 0 bridgehead atoms. The van der Waals surface area contributed by atoms with E-state index in [0.717, 1.165) is 0 Å². The van der Waals surface area contributed by atoms with Gasteiger partial charge in [-0.15, -0.1) is 0 Å². The number of thioether (sulfide) groups is 1. The molecule has 2 saturated heterocycles. The summed E-state index contributed by atoms with van der Waals surface area (Å²) >= 11 is 2.08. The predicted molar refractivity (Wildman–Crippen MR) is 91.0 cm³/mol. The second-order valence-corrected chi connectivity index (χ2v) is 7.90. The van der Waals surface area contributed by atoms with Crippen molar-refractivity contribution in [2.75, 3.05) is 34.8 Å². The molecule has 0 spiro atoms. The Morgan fingerprint density at radius 3 is 2.50 bits per heavy atom. The molecule has 20 heavy (non-hydrogen) atoms. The zero-order valence-electron chi connectivity index (χ0n) is 12.7. The second kappa shape index (κ2) is 5.88. The lowest BCUT2D eigenvalue weighted by Crippen LogP contribution is -2.41. The summed E-state index contributed by atoms with van der Waals surface area (Å²) in [6, 6.07) is 9.64. The lowest BCUT2D eigenvalue weighted by atomic mass is 9.82. The van der Waals surface area contributed by atoms with Gasteiger partial charge >= 0.3 is 0 Å². The number of anilines is 2. The van der Waals surface area contributed by atoms with E-state index in [1.807, 2.05) is 0 Å². The highest BCUT2D eigenvalue weighted by atomic mass is 32.2. The number of rotatable bonds is 3. The van der Waals surface area contributed by atoms with Crippen LogP contribution in [-0.2, 0) is 0 Å². The van der Waals surface area contributed by atoms with Crippen molar-refractivity contribution in [2.45, 2.75) is 39.2 Å². The molecule has 110 valence electrons. The van der Waals surface area contributed by atoms with Crippen molar-refractivity contribution in [3.63, 3.8) is 0 Å². The van der Waals surface area contributed by atoms with Crippen LogP contribution in [0.4, 0.5) is 11.4 Å². The molecule has 2 aliphatic rings. The molecule has 0 aromatic heterocycles. The first-order valence-electron chi connectivity index (χ1n) is 7.84. The van der Waals surface area contributed by atoms with Gasteiger partial charge in [-0.25, -0.2) is 0 Å². The monoisotopic (exact) mass is 290 g/mol. The first kappa shape index (κ1) is 14.1. The Kier molecular flexibility index (Phi) is 4.16. The molecule has 2 nitrogen and oxygen atoms in total. The smallest absolute Gasteiger partial charge is 0.0403 e. The van der Waals surface area contributed by atoms with Crippen molar-refractivity contribution < 1.29 is 0 Å². The average molecular weight is 290 g/mol. The van der Waals surface area contributed by atoms with Crippen LogP contribution in [0.5, 0.6) is 0 Å². The summed E-state index contributed by atoms with van der Waals surface area (Å²) in [6.07, 6.45) is 3.99. The van der Waals surface area contributed by atoms with Gasteiger partial charge in [0.1, 0.15) is 0 Å². The van der Waals surface area contributed by atoms with Crippen LogP contribution in [0.2, 0.25) is 0 Å². The van der Waals surface area contributed by atoms with E-state index in [1.165, 1.54) is 55.2 Å². The van der Waals surface area contributed by atoms with Gasteiger partial charge in [-0.1, -0.05) is 13.8 Å². The lowest BCUT2D eigenvalue weighted by Gasteiger charge is -2.39. The summed E-state index contributed by atoms with van der Waals surface area (Å²) < 4.78 is 0. The molecule has 1 atom stereocenters. The Morgan fingerprint density at radius 2 is 1.85 bits per heavy atom. The topological polar surface area (TPSA) is 15.3 Å². The van der Waals surface area contributed by atoms with Gasteiger partial charge in [-0.05, 0) is 54.7 Å². The van der Waals surface area contributed by atoms with Gasteiger partial charge in [-0.3, -0.25) is 0 Å². The van der Waals surface area contributed by atoms with Crippen LogP contribution in [0.1, 0.15) is 33.1 Å². The van der Waals surface area contributed by atoms with Crippen molar-refractivity contribution in [2.24, 2.45) is 5.41 Å². The van der Waals surface area contributed by atoms with E-state index >= 15 is 0 Å². The molecule has 3 rings (SSSR count). The first-order chi connectivity index (χ1) is 9.65. The third-order valence-electron chi connectivity index (χ3n) is 4.80. The van der Waals surface area contributed by atoms with Gasteiger partial charge in [0.05, 0.1) is 0 Å². The van der Waals surface area contributed by atoms with Crippen LogP contribution in [0.15, 0.2) is 24.3 Å². The molecule has 2 heterocycles. The van der Waals surface area contributed by atoms with Crippen LogP contribution in [-0.4, -0.2) is 30.6 Å². The molecule has 0 radical (unpaired) electrons. The minimum atomic E-state index is 0.402. The molecule has 0 amide bonds. The molecular formula is C17H26N2S. The maximum Gasteiger partial charge on any atom is 0.0403 e. The minimum Gasteiger partial charge on any atom is -0.381 e. The third-order valence-corrected chi connectivity index (χ3v) is 5.86. The number of nitrogens with one attached hydrogen (secondary N) is 1. The van der Waals surface area contributed by atoms with Gasteiger partial charge in [0.2, 0.25) is 0 Å². The molecule has 2 fully saturated rings. The largest absolute Gasteiger partial charge is 0.381 e. The van der Waals surface area contributed by atoms with E-state index in [0.29, 0.717) is 11.5 Å². The molecule has 1 aromatic rings. The van der Waals surface area contributed by atoms with Crippen LogP contribution in [0.3, 0.4) is 0 Å². The summed E-state index contributed by atoms with van der Waals surface area (Å²) in [5.74, 6) is 2.53. The van der Waals surface area contributed by atoms with Crippen molar-refractivity contribution in [1.29, 1.82) is 0 Å². The summed E-state index contributed by atoms with van der Waals surface area (Å²) in [7, 11) is 0. The highest BCUT2D eigenvalue weighted by Crippen LogP contribution is 2.36. The van der Waals surface area contributed by atoms with E-state index in [9.17, 15) is 0 Å². The molecule has 0 aliphatic carbocycles. The Labute approximate surface area is 127 Å². The fraction of sp³-hybridized carbons (Fsp3) is 0.647. The molecular weight excluding hydrogens is 264 g/mol. The van der Waals surface area contributed by atoms with Crippen LogP contribution in [0, 0.1) is 5.41 Å². The van der Waals surface area contributed by atoms with Gasteiger partial charge in [0.25, 0.3) is 0 Å². The number of benzene rings is 1. The number of hydrogen-bond donors (Lipinski definition) is 1.